The van der Waals surface area contributed by atoms with E-state index in [9.17, 15) is 13.6 Å². The molecule has 1 aromatic rings. The lowest BCUT2D eigenvalue weighted by Gasteiger charge is -2.36. The average Bonchev–Trinajstić information content (AvgIpc) is 2.79. The molecule has 1 saturated heterocycles. The maximum absolute atomic E-state index is 14.0. The molecule has 0 aliphatic carbocycles. The molecule has 1 atom stereocenters. The molecular formula is C25H31F2N3O2. The van der Waals surface area contributed by atoms with Gasteiger partial charge in [0.15, 0.2) is 11.6 Å². The van der Waals surface area contributed by atoms with Gasteiger partial charge >= 0.3 is 0 Å². The molecular weight excluding hydrogens is 412 g/mol. The molecule has 2 aliphatic rings. The molecule has 2 heterocycles. The molecule has 5 nitrogen and oxygen atoms in total. The van der Waals surface area contributed by atoms with Crippen LogP contribution >= 0.6 is 0 Å². The maximum Gasteiger partial charge on any atom is 0.255 e. The van der Waals surface area contributed by atoms with Crippen molar-refractivity contribution in [3.63, 3.8) is 0 Å². The van der Waals surface area contributed by atoms with Gasteiger partial charge in [-0.05, 0) is 55.7 Å². The van der Waals surface area contributed by atoms with Gasteiger partial charge in [-0.15, -0.1) is 0 Å². The summed E-state index contributed by atoms with van der Waals surface area (Å²) < 4.78 is 32.7. The number of amides is 1. The molecule has 1 unspecified atom stereocenters. The van der Waals surface area contributed by atoms with Crippen LogP contribution in [0.2, 0.25) is 0 Å². The Labute approximate surface area is 188 Å². The summed E-state index contributed by atoms with van der Waals surface area (Å²) in [5.41, 5.74) is 2.68. The molecule has 1 amide bonds. The normalized spacial score (nSPS) is 20.6. The third-order valence-electron chi connectivity index (χ3n) is 5.59. The minimum atomic E-state index is -1.04. The van der Waals surface area contributed by atoms with Gasteiger partial charge in [0, 0.05) is 43.6 Å². The van der Waals surface area contributed by atoms with E-state index in [4.69, 9.17) is 4.74 Å². The quantitative estimate of drug-likeness (QED) is 0.653. The Kier molecular flexibility index (Phi) is 7.85. The van der Waals surface area contributed by atoms with Crippen LogP contribution in [-0.4, -0.2) is 48.5 Å². The van der Waals surface area contributed by atoms with Crippen molar-refractivity contribution in [3.05, 3.63) is 71.2 Å². The van der Waals surface area contributed by atoms with E-state index in [1.807, 2.05) is 24.4 Å². The van der Waals surface area contributed by atoms with Gasteiger partial charge in [0.25, 0.3) is 5.91 Å². The van der Waals surface area contributed by atoms with Crippen molar-refractivity contribution in [3.8, 4) is 5.75 Å². The summed E-state index contributed by atoms with van der Waals surface area (Å²) in [6.45, 7) is 8.52. The number of ether oxygens (including phenoxy) is 1. The van der Waals surface area contributed by atoms with Gasteiger partial charge in [0.2, 0.25) is 5.82 Å². The van der Waals surface area contributed by atoms with Crippen molar-refractivity contribution in [2.45, 2.75) is 39.7 Å². The smallest absolute Gasteiger partial charge is 0.255 e. The Bertz CT molecular complexity index is 982. The number of carbonyl (C=O) groups is 1. The molecule has 7 heteroatoms. The second kappa shape index (κ2) is 10.6. The minimum absolute atomic E-state index is 0.195. The predicted octanol–water partition coefficient (Wildman–Crippen LogP) is 4.59. The van der Waals surface area contributed by atoms with Gasteiger partial charge in [0.1, 0.15) is 0 Å². The first-order valence-corrected chi connectivity index (χ1v) is 11.0. The van der Waals surface area contributed by atoms with E-state index < -0.39 is 11.6 Å². The van der Waals surface area contributed by atoms with Gasteiger partial charge in [0.05, 0.1) is 12.8 Å². The number of allylic oxidation sites excluding steroid dienone is 4. The lowest BCUT2D eigenvalue weighted by molar-refractivity contribution is -0.122. The molecule has 0 radical (unpaired) electrons. The van der Waals surface area contributed by atoms with Crippen LogP contribution in [0, 0.1) is 11.6 Å². The van der Waals surface area contributed by atoms with Crippen LogP contribution in [-0.2, 0) is 4.79 Å². The SMILES string of the molecule is CCCC=C1C=CC(N2CCNC(C)C2)=CN1C(=O)C=C(C)c1cc(F)c(F)c(OC)c1. The van der Waals surface area contributed by atoms with Gasteiger partial charge in [-0.2, -0.15) is 4.39 Å². The van der Waals surface area contributed by atoms with E-state index in [1.54, 1.807) is 11.8 Å². The number of unbranched alkanes of at least 4 members (excludes halogenated alkanes) is 1. The third-order valence-corrected chi connectivity index (χ3v) is 5.59. The molecule has 1 aromatic carbocycles. The maximum atomic E-state index is 14.0. The Balaban J connectivity index is 1.91. The number of nitrogens with one attached hydrogen (secondary N) is 1. The fraction of sp³-hybridized carbons (Fsp3) is 0.400. The monoisotopic (exact) mass is 443 g/mol. The molecule has 172 valence electrons. The Morgan fingerprint density at radius 2 is 2.09 bits per heavy atom. The van der Waals surface area contributed by atoms with E-state index in [0.717, 1.165) is 49.9 Å². The van der Waals surface area contributed by atoms with E-state index in [0.29, 0.717) is 17.2 Å². The molecule has 1 N–H and O–H groups in total. The van der Waals surface area contributed by atoms with Crippen molar-refractivity contribution in [2.24, 2.45) is 0 Å². The first-order valence-electron chi connectivity index (χ1n) is 11.0. The molecule has 0 saturated carbocycles. The summed E-state index contributed by atoms with van der Waals surface area (Å²) in [7, 11) is 1.28. The van der Waals surface area contributed by atoms with Gasteiger partial charge in [-0.3, -0.25) is 9.69 Å². The highest BCUT2D eigenvalue weighted by Crippen LogP contribution is 2.27. The summed E-state index contributed by atoms with van der Waals surface area (Å²) in [6, 6.07) is 2.83. The summed E-state index contributed by atoms with van der Waals surface area (Å²) >= 11 is 0. The van der Waals surface area contributed by atoms with Gasteiger partial charge in [-0.1, -0.05) is 19.4 Å². The number of rotatable bonds is 6. The number of halogens is 2. The van der Waals surface area contributed by atoms with Crippen LogP contribution in [0.3, 0.4) is 0 Å². The number of benzene rings is 1. The molecule has 0 bridgehead atoms. The first kappa shape index (κ1) is 23.7. The second-order valence-corrected chi connectivity index (χ2v) is 8.12. The number of piperazine rings is 1. The zero-order valence-corrected chi connectivity index (χ0v) is 19.1. The first-order chi connectivity index (χ1) is 15.3. The zero-order chi connectivity index (χ0) is 23.3. The average molecular weight is 444 g/mol. The largest absolute Gasteiger partial charge is 0.494 e. The predicted molar refractivity (Wildman–Crippen MR) is 123 cm³/mol. The van der Waals surface area contributed by atoms with Crippen LogP contribution < -0.4 is 10.1 Å². The highest BCUT2D eigenvalue weighted by atomic mass is 19.2. The van der Waals surface area contributed by atoms with Crippen molar-refractivity contribution in [1.82, 2.24) is 15.1 Å². The number of hydrogen-bond acceptors (Lipinski definition) is 4. The molecule has 2 aliphatic heterocycles. The van der Waals surface area contributed by atoms with Crippen LogP contribution in [0.4, 0.5) is 8.78 Å². The summed E-state index contributed by atoms with van der Waals surface area (Å²) in [6.07, 6.45) is 11.2. The Morgan fingerprint density at radius 1 is 1.31 bits per heavy atom. The van der Waals surface area contributed by atoms with E-state index in [2.05, 4.69) is 24.1 Å². The Hall–Kier alpha value is -2.93. The number of methoxy groups -OCH3 is 1. The van der Waals surface area contributed by atoms with Crippen molar-refractivity contribution < 1.29 is 18.3 Å². The number of nitrogens with zero attached hydrogens (tertiary/aromatic N) is 2. The van der Waals surface area contributed by atoms with E-state index in [-0.39, 0.29) is 11.7 Å². The highest BCUT2D eigenvalue weighted by molar-refractivity contribution is 5.97. The number of hydrogen-bond donors (Lipinski definition) is 1. The second-order valence-electron chi connectivity index (χ2n) is 8.12. The van der Waals surface area contributed by atoms with Crippen LogP contribution in [0.1, 0.15) is 39.2 Å². The topological polar surface area (TPSA) is 44.8 Å². The standard InChI is InChI=1S/C25H31F2N3O2/c1-5-6-7-20-8-9-21(29-11-10-28-18(3)15-29)16-30(20)24(31)12-17(2)19-13-22(26)25(27)23(14-19)32-4/h7-9,12-14,16,18,28H,5-6,10-11,15H2,1-4H3. The summed E-state index contributed by atoms with van der Waals surface area (Å²) in [4.78, 5) is 17.1. The van der Waals surface area contributed by atoms with Crippen LogP contribution in [0.5, 0.6) is 5.75 Å². The van der Waals surface area contributed by atoms with Gasteiger partial charge in [-0.25, -0.2) is 4.39 Å². The zero-order valence-electron chi connectivity index (χ0n) is 19.1. The van der Waals surface area contributed by atoms with Crippen molar-refractivity contribution in [1.29, 1.82) is 0 Å². The molecule has 0 aromatic heterocycles. The van der Waals surface area contributed by atoms with Crippen molar-refractivity contribution >= 4 is 11.5 Å². The molecule has 32 heavy (non-hydrogen) atoms. The lowest BCUT2D eigenvalue weighted by Crippen LogP contribution is -2.48. The third kappa shape index (κ3) is 5.46. The highest BCUT2D eigenvalue weighted by Gasteiger charge is 2.23. The fourth-order valence-electron chi connectivity index (χ4n) is 3.78. The molecule has 3 rings (SSSR count). The van der Waals surface area contributed by atoms with Crippen LogP contribution in [0.25, 0.3) is 5.57 Å². The Morgan fingerprint density at radius 3 is 2.78 bits per heavy atom. The minimum Gasteiger partial charge on any atom is -0.494 e. The fourth-order valence-corrected chi connectivity index (χ4v) is 3.78. The van der Waals surface area contributed by atoms with Gasteiger partial charge < -0.3 is 15.0 Å². The lowest BCUT2D eigenvalue weighted by atomic mass is 10.1. The summed E-state index contributed by atoms with van der Waals surface area (Å²) in [5.74, 6) is -2.50. The molecule has 1 fully saturated rings. The number of carbonyl (C=O) groups excluding carboxylic acids is 1. The van der Waals surface area contributed by atoms with E-state index in [1.165, 1.54) is 19.3 Å². The molecule has 0 spiro atoms. The van der Waals surface area contributed by atoms with Crippen molar-refractivity contribution in [2.75, 3.05) is 26.7 Å². The van der Waals surface area contributed by atoms with E-state index >= 15 is 0 Å². The van der Waals surface area contributed by atoms with Crippen LogP contribution in [0.15, 0.2) is 54.0 Å². The summed E-state index contributed by atoms with van der Waals surface area (Å²) in [5, 5.41) is 3.42.